The zero-order valence-corrected chi connectivity index (χ0v) is 20.1. The topological polar surface area (TPSA) is 84.9 Å². The number of benzene rings is 3. The van der Waals surface area contributed by atoms with Crippen LogP contribution in [0.15, 0.2) is 54.6 Å². The molecular weight excluding hydrogens is 501 g/mol. The molecular formula is C25H20Cl3NO5. The van der Waals surface area contributed by atoms with Crippen LogP contribution in [0.25, 0.3) is 0 Å². The molecule has 6 nitrogen and oxygen atoms in total. The number of ether oxygens (including phenoxy) is 2. The molecule has 0 saturated carbocycles. The van der Waals surface area contributed by atoms with Gasteiger partial charge in [0.1, 0.15) is 16.5 Å². The lowest BCUT2D eigenvalue weighted by Crippen LogP contribution is -2.25. The summed E-state index contributed by atoms with van der Waals surface area (Å²) < 4.78 is 11.5. The van der Waals surface area contributed by atoms with Crippen LogP contribution in [-0.2, 0) is 11.2 Å². The molecule has 0 saturated heterocycles. The molecule has 1 aliphatic heterocycles. The number of fused-ring (bicyclic) bond motifs is 1. The molecule has 3 aromatic rings. The minimum absolute atomic E-state index is 0.109. The average Bonchev–Trinajstić information content (AvgIpc) is 2.83. The summed E-state index contributed by atoms with van der Waals surface area (Å²) in [5, 5.41) is 13.3. The maximum atomic E-state index is 12.4. The molecule has 1 amide bonds. The van der Waals surface area contributed by atoms with Gasteiger partial charge in [0.05, 0.1) is 17.5 Å². The highest BCUT2D eigenvalue weighted by Crippen LogP contribution is 2.48. The lowest BCUT2D eigenvalue weighted by molar-refractivity contribution is -0.139. The second-order valence-electron chi connectivity index (χ2n) is 7.71. The molecule has 0 spiro atoms. The summed E-state index contributed by atoms with van der Waals surface area (Å²) in [5.74, 6) is -1.09. The van der Waals surface area contributed by atoms with Gasteiger partial charge in [-0.15, -0.1) is 0 Å². The van der Waals surface area contributed by atoms with Crippen molar-refractivity contribution in [3.8, 4) is 17.2 Å². The van der Waals surface area contributed by atoms with Crippen LogP contribution in [0.1, 0.15) is 33.8 Å². The van der Waals surface area contributed by atoms with E-state index < -0.39 is 11.9 Å². The number of aliphatic carboxylic acids is 1. The van der Waals surface area contributed by atoms with E-state index in [1.807, 2.05) is 24.3 Å². The standard InChI is InChI=1S/C25H20Cl3NO5/c26-16-5-1-14(2-6-16)9-11-29-24(30)15-3-7-17(8-4-15)34-23-20(27)13-19-18(25(31)32)10-12-33-22(19)21(23)28/h1-8,13,18H,9-12H2,(H,29,30)(H,31,32). The van der Waals surface area contributed by atoms with Gasteiger partial charge in [0.2, 0.25) is 0 Å². The molecule has 0 bridgehead atoms. The van der Waals surface area contributed by atoms with Crippen LogP contribution in [0.4, 0.5) is 0 Å². The summed E-state index contributed by atoms with van der Waals surface area (Å²) in [7, 11) is 0. The van der Waals surface area contributed by atoms with E-state index in [1.165, 1.54) is 6.07 Å². The Morgan fingerprint density at radius 2 is 1.76 bits per heavy atom. The van der Waals surface area contributed by atoms with Crippen molar-refractivity contribution in [3.05, 3.63) is 86.4 Å². The molecule has 0 aliphatic carbocycles. The summed E-state index contributed by atoms with van der Waals surface area (Å²) in [6.07, 6.45) is 1.02. The first-order valence-electron chi connectivity index (χ1n) is 10.5. The molecule has 1 unspecified atom stereocenters. The van der Waals surface area contributed by atoms with Gasteiger partial charge in [-0.1, -0.05) is 46.9 Å². The van der Waals surface area contributed by atoms with Crippen molar-refractivity contribution in [2.24, 2.45) is 0 Å². The Hall–Kier alpha value is -2.93. The number of amides is 1. The van der Waals surface area contributed by atoms with E-state index in [1.54, 1.807) is 24.3 Å². The van der Waals surface area contributed by atoms with Crippen LogP contribution in [0.2, 0.25) is 15.1 Å². The molecule has 9 heteroatoms. The first kappa shape index (κ1) is 24.2. The molecule has 34 heavy (non-hydrogen) atoms. The molecule has 4 rings (SSSR count). The largest absolute Gasteiger partial charge is 0.492 e. The van der Waals surface area contributed by atoms with Crippen LogP contribution in [0.3, 0.4) is 0 Å². The Morgan fingerprint density at radius 1 is 1.06 bits per heavy atom. The molecule has 1 aliphatic rings. The Bertz CT molecular complexity index is 1210. The third-order valence-electron chi connectivity index (χ3n) is 5.44. The SMILES string of the molecule is O=C(NCCc1ccc(Cl)cc1)c1ccc(Oc2c(Cl)cc3c(c2Cl)OCCC3C(=O)O)cc1. The highest BCUT2D eigenvalue weighted by atomic mass is 35.5. The van der Waals surface area contributed by atoms with Crippen LogP contribution in [-0.4, -0.2) is 30.1 Å². The lowest BCUT2D eigenvalue weighted by Gasteiger charge is -2.25. The van der Waals surface area contributed by atoms with Crippen LogP contribution in [0, 0.1) is 0 Å². The fourth-order valence-electron chi connectivity index (χ4n) is 3.66. The van der Waals surface area contributed by atoms with E-state index in [9.17, 15) is 14.7 Å². The van der Waals surface area contributed by atoms with Crippen molar-refractivity contribution in [2.75, 3.05) is 13.2 Å². The van der Waals surface area contributed by atoms with Crippen LogP contribution < -0.4 is 14.8 Å². The predicted molar refractivity (Wildman–Crippen MR) is 131 cm³/mol. The summed E-state index contributed by atoms with van der Waals surface area (Å²) in [6.45, 7) is 0.711. The van der Waals surface area contributed by atoms with Gasteiger partial charge in [-0.25, -0.2) is 0 Å². The maximum absolute atomic E-state index is 12.4. The first-order valence-corrected chi connectivity index (χ1v) is 11.6. The minimum atomic E-state index is -0.965. The normalized spacial score (nSPS) is 14.6. The van der Waals surface area contributed by atoms with Gasteiger partial charge < -0.3 is 19.9 Å². The highest BCUT2D eigenvalue weighted by molar-refractivity contribution is 6.38. The molecule has 1 heterocycles. The van der Waals surface area contributed by atoms with E-state index >= 15 is 0 Å². The summed E-state index contributed by atoms with van der Waals surface area (Å²) in [5.41, 5.74) is 1.97. The molecule has 0 aromatic heterocycles. The summed E-state index contributed by atoms with van der Waals surface area (Å²) >= 11 is 18.7. The first-order chi connectivity index (χ1) is 16.3. The van der Waals surface area contributed by atoms with Gasteiger partial charge in [0.25, 0.3) is 5.91 Å². The molecule has 1 atom stereocenters. The fourth-order valence-corrected chi connectivity index (χ4v) is 4.39. The minimum Gasteiger partial charge on any atom is -0.492 e. The highest BCUT2D eigenvalue weighted by Gasteiger charge is 2.32. The number of halogens is 3. The third-order valence-corrected chi connectivity index (χ3v) is 6.31. The van der Waals surface area contributed by atoms with Gasteiger partial charge in [-0.3, -0.25) is 9.59 Å². The number of nitrogens with one attached hydrogen (secondary N) is 1. The molecule has 176 valence electrons. The monoisotopic (exact) mass is 519 g/mol. The number of hydrogen-bond acceptors (Lipinski definition) is 4. The predicted octanol–water partition coefficient (Wildman–Crippen LogP) is 6.36. The second kappa shape index (κ2) is 10.6. The Kier molecular flexibility index (Phi) is 7.51. The quantitative estimate of drug-likeness (QED) is 0.378. The smallest absolute Gasteiger partial charge is 0.311 e. The summed E-state index contributed by atoms with van der Waals surface area (Å²) in [6, 6.07) is 15.5. The maximum Gasteiger partial charge on any atom is 0.311 e. The van der Waals surface area contributed by atoms with E-state index in [-0.39, 0.29) is 34.1 Å². The number of carboxylic acid groups (broad SMARTS) is 1. The lowest BCUT2D eigenvalue weighted by atomic mass is 9.93. The molecule has 3 aromatic carbocycles. The zero-order valence-electron chi connectivity index (χ0n) is 17.8. The average molecular weight is 521 g/mol. The third kappa shape index (κ3) is 5.41. The van der Waals surface area contributed by atoms with Gasteiger partial charge in [0, 0.05) is 22.7 Å². The fraction of sp³-hybridized carbons (Fsp3) is 0.200. The van der Waals surface area contributed by atoms with Gasteiger partial charge in [-0.2, -0.15) is 0 Å². The Balaban J connectivity index is 1.42. The van der Waals surface area contributed by atoms with Gasteiger partial charge >= 0.3 is 5.97 Å². The summed E-state index contributed by atoms with van der Waals surface area (Å²) in [4.78, 5) is 24.0. The zero-order chi connectivity index (χ0) is 24.2. The van der Waals surface area contributed by atoms with E-state index in [0.29, 0.717) is 41.3 Å². The Labute approximate surface area is 211 Å². The van der Waals surface area contributed by atoms with E-state index in [0.717, 1.165) is 5.56 Å². The van der Waals surface area contributed by atoms with Crippen molar-refractivity contribution >= 4 is 46.7 Å². The molecule has 2 N–H and O–H groups in total. The van der Waals surface area contributed by atoms with Crippen molar-refractivity contribution < 1.29 is 24.2 Å². The van der Waals surface area contributed by atoms with Gasteiger partial charge in [-0.05, 0) is 60.9 Å². The van der Waals surface area contributed by atoms with Crippen LogP contribution in [0.5, 0.6) is 17.2 Å². The van der Waals surface area contributed by atoms with Crippen molar-refractivity contribution in [1.82, 2.24) is 5.32 Å². The number of carbonyl (C=O) groups is 2. The molecule has 0 fully saturated rings. The molecule has 0 radical (unpaired) electrons. The number of carbonyl (C=O) groups excluding carboxylic acids is 1. The van der Waals surface area contributed by atoms with E-state index in [2.05, 4.69) is 5.32 Å². The number of hydrogen-bond donors (Lipinski definition) is 2. The van der Waals surface area contributed by atoms with E-state index in [4.69, 9.17) is 44.3 Å². The van der Waals surface area contributed by atoms with Crippen molar-refractivity contribution in [1.29, 1.82) is 0 Å². The number of carboxylic acids is 1. The number of rotatable bonds is 7. The van der Waals surface area contributed by atoms with Crippen molar-refractivity contribution in [2.45, 2.75) is 18.8 Å². The van der Waals surface area contributed by atoms with Gasteiger partial charge in [0.15, 0.2) is 5.75 Å². The Morgan fingerprint density at radius 3 is 2.44 bits per heavy atom. The second-order valence-corrected chi connectivity index (χ2v) is 8.93. The van der Waals surface area contributed by atoms with Crippen molar-refractivity contribution in [3.63, 3.8) is 0 Å². The van der Waals surface area contributed by atoms with Crippen LogP contribution >= 0.6 is 34.8 Å².